The number of esters is 1. The molecule has 0 spiro atoms. The number of amides is 2. The molecule has 2 amide bonds. The van der Waals surface area contributed by atoms with Crippen LogP contribution in [0.15, 0.2) is 53.7 Å². The molecule has 170 valence electrons. The smallest absolute Gasteiger partial charge is 0.338 e. The second-order valence-electron chi connectivity index (χ2n) is 6.88. The van der Waals surface area contributed by atoms with Crippen LogP contribution in [-0.4, -0.2) is 51.4 Å². The molecule has 1 unspecified atom stereocenters. The van der Waals surface area contributed by atoms with Gasteiger partial charge in [0, 0.05) is 17.6 Å². The minimum Gasteiger partial charge on any atom is -0.497 e. The van der Waals surface area contributed by atoms with E-state index in [2.05, 4.69) is 5.32 Å². The summed E-state index contributed by atoms with van der Waals surface area (Å²) in [6.07, 6.45) is 0. The number of hydrogen-bond acceptors (Lipinski definition) is 6. The molecule has 1 atom stereocenters. The molecule has 0 saturated heterocycles. The van der Waals surface area contributed by atoms with E-state index < -0.39 is 18.0 Å². The molecule has 1 N–H and O–H groups in total. The minimum absolute atomic E-state index is 0.0544. The quantitative estimate of drug-likeness (QED) is 0.600. The van der Waals surface area contributed by atoms with Crippen molar-refractivity contribution in [1.29, 1.82) is 0 Å². The number of nitrogens with one attached hydrogen (secondary N) is 1. The molecular weight excluding hydrogens is 436 g/mol. The molecule has 1 aliphatic rings. The Morgan fingerprint density at radius 1 is 1.12 bits per heavy atom. The Hall–Kier alpha value is -3.39. The van der Waals surface area contributed by atoms with Crippen molar-refractivity contribution >= 4 is 23.6 Å². The number of halogens is 1. The monoisotopic (exact) mass is 460 g/mol. The van der Waals surface area contributed by atoms with Gasteiger partial charge in [0.1, 0.15) is 23.9 Å². The number of carbonyl (C=O) groups excluding carboxylic acids is 2. The van der Waals surface area contributed by atoms with Gasteiger partial charge in [0.25, 0.3) is 0 Å². The molecule has 0 aromatic heterocycles. The molecule has 8 nitrogen and oxygen atoms in total. The van der Waals surface area contributed by atoms with Crippen molar-refractivity contribution in [2.45, 2.75) is 13.0 Å². The number of hydrogen-bond donors (Lipinski definition) is 1. The molecule has 0 fully saturated rings. The minimum atomic E-state index is -0.833. The first-order valence-electron chi connectivity index (χ1n) is 9.94. The summed E-state index contributed by atoms with van der Waals surface area (Å²) >= 11 is 6.04. The molecule has 2 aromatic carbocycles. The van der Waals surface area contributed by atoms with Crippen LogP contribution in [0.25, 0.3) is 0 Å². The van der Waals surface area contributed by atoms with Gasteiger partial charge < -0.3 is 24.3 Å². The van der Waals surface area contributed by atoms with Crippen LogP contribution >= 0.6 is 11.6 Å². The van der Waals surface area contributed by atoms with Gasteiger partial charge in [0.15, 0.2) is 0 Å². The molecule has 2 aromatic rings. The maximum Gasteiger partial charge on any atom is 0.338 e. The lowest BCUT2D eigenvalue weighted by Gasteiger charge is -2.35. The highest BCUT2D eigenvalue weighted by Gasteiger charge is 2.38. The average Bonchev–Trinajstić information content (AvgIpc) is 2.79. The number of nitrogens with zero attached hydrogens (tertiary/aromatic N) is 1. The van der Waals surface area contributed by atoms with Gasteiger partial charge in [0.2, 0.25) is 0 Å². The largest absolute Gasteiger partial charge is 0.497 e. The maximum atomic E-state index is 13.1. The Kier molecular flexibility index (Phi) is 7.48. The predicted octanol–water partition coefficient (Wildman–Crippen LogP) is 3.95. The van der Waals surface area contributed by atoms with Gasteiger partial charge in [-0.25, -0.2) is 9.59 Å². The first kappa shape index (κ1) is 23.3. The van der Waals surface area contributed by atoms with Gasteiger partial charge >= 0.3 is 12.0 Å². The van der Waals surface area contributed by atoms with E-state index in [1.165, 1.54) is 19.1 Å². The van der Waals surface area contributed by atoms with Crippen molar-refractivity contribution in [2.75, 3.05) is 34.5 Å². The third-order valence-electron chi connectivity index (χ3n) is 4.99. The number of ether oxygens (including phenoxy) is 4. The zero-order chi connectivity index (χ0) is 23.3. The Balaban J connectivity index is 2.11. The molecule has 32 heavy (non-hydrogen) atoms. The van der Waals surface area contributed by atoms with Crippen molar-refractivity contribution in [3.63, 3.8) is 0 Å². The van der Waals surface area contributed by atoms with Crippen LogP contribution in [0, 0.1) is 0 Å². The van der Waals surface area contributed by atoms with Crippen LogP contribution in [0.5, 0.6) is 17.2 Å². The van der Waals surface area contributed by atoms with E-state index in [0.29, 0.717) is 33.5 Å². The normalized spacial score (nSPS) is 15.8. The third kappa shape index (κ3) is 4.91. The van der Waals surface area contributed by atoms with Gasteiger partial charge in [-0.05, 0) is 43.3 Å². The number of likely N-dealkylation sites (N-methyl/N-ethyl adjacent to an activating group) is 1. The van der Waals surface area contributed by atoms with E-state index in [-0.39, 0.29) is 18.8 Å². The van der Waals surface area contributed by atoms with Crippen LogP contribution in [0.4, 0.5) is 4.79 Å². The van der Waals surface area contributed by atoms with Crippen molar-refractivity contribution in [3.8, 4) is 17.2 Å². The standard InChI is InChI=1S/C23H25ClN2O6/c1-5-31-22(27)20-18(13-32-16-8-6-7-14(24)11-16)26(2)23(28)25-21(20)17-12-15(29-3)9-10-19(17)30-4/h6-12,21H,5,13H2,1-4H3,(H,25,28). The number of methoxy groups -OCH3 is 2. The fourth-order valence-corrected chi connectivity index (χ4v) is 3.57. The lowest BCUT2D eigenvalue weighted by molar-refractivity contribution is -0.139. The second-order valence-corrected chi connectivity index (χ2v) is 7.31. The summed E-state index contributed by atoms with van der Waals surface area (Å²) in [4.78, 5) is 27.2. The van der Waals surface area contributed by atoms with E-state index in [9.17, 15) is 9.59 Å². The number of carbonyl (C=O) groups is 2. The van der Waals surface area contributed by atoms with Gasteiger partial charge in [-0.2, -0.15) is 0 Å². The molecule has 1 heterocycles. The Bertz CT molecular complexity index is 1040. The average molecular weight is 461 g/mol. The summed E-state index contributed by atoms with van der Waals surface area (Å²) < 4.78 is 22.0. The summed E-state index contributed by atoms with van der Waals surface area (Å²) in [6.45, 7) is 1.83. The predicted molar refractivity (Wildman–Crippen MR) is 119 cm³/mol. The molecule has 9 heteroatoms. The lowest BCUT2D eigenvalue weighted by Crippen LogP contribution is -2.48. The molecule has 0 radical (unpaired) electrons. The molecule has 1 aliphatic heterocycles. The highest BCUT2D eigenvalue weighted by molar-refractivity contribution is 6.30. The fourth-order valence-electron chi connectivity index (χ4n) is 3.39. The summed E-state index contributed by atoms with van der Waals surface area (Å²) in [5.41, 5.74) is 1.15. The van der Waals surface area contributed by atoms with Crippen LogP contribution in [-0.2, 0) is 9.53 Å². The Labute approximate surface area is 191 Å². The highest BCUT2D eigenvalue weighted by Crippen LogP contribution is 2.37. The SMILES string of the molecule is CCOC(=O)C1=C(COc2cccc(Cl)c2)N(C)C(=O)NC1c1cc(OC)ccc1OC. The van der Waals surface area contributed by atoms with E-state index in [0.717, 1.165) is 0 Å². The van der Waals surface area contributed by atoms with Gasteiger partial charge in [-0.3, -0.25) is 4.90 Å². The van der Waals surface area contributed by atoms with E-state index >= 15 is 0 Å². The Morgan fingerprint density at radius 2 is 1.91 bits per heavy atom. The molecular formula is C23H25ClN2O6. The highest BCUT2D eigenvalue weighted by atomic mass is 35.5. The van der Waals surface area contributed by atoms with Crippen molar-refractivity contribution in [2.24, 2.45) is 0 Å². The number of urea groups is 1. The van der Waals surface area contributed by atoms with E-state index in [4.69, 9.17) is 30.5 Å². The zero-order valence-corrected chi connectivity index (χ0v) is 19.1. The fraction of sp³-hybridized carbons (Fsp3) is 0.304. The third-order valence-corrected chi connectivity index (χ3v) is 5.23. The maximum absolute atomic E-state index is 13.1. The van der Waals surface area contributed by atoms with Gasteiger partial charge in [0.05, 0.1) is 38.1 Å². The van der Waals surface area contributed by atoms with Gasteiger partial charge in [-0.1, -0.05) is 17.7 Å². The lowest BCUT2D eigenvalue weighted by atomic mass is 9.93. The summed E-state index contributed by atoms with van der Waals surface area (Å²) in [5.74, 6) is 0.966. The first-order valence-corrected chi connectivity index (χ1v) is 10.3. The van der Waals surface area contributed by atoms with E-state index in [1.807, 2.05) is 0 Å². The summed E-state index contributed by atoms with van der Waals surface area (Å²) in [6, 6.07) is 10.8. The molecule has 0 bridgehead atoms. The van der Waals surface area contributed by atoms with Crippen molar-refractivity contribution in [1.82, 2.24) is 10.2 Å². The van der Waals surface area contributed by atoms with Crippen LogP contribution in [0.1, 0.15) is 18.5 Å². The Morgan fingerprint density at radius 3 is 2.56 bits per heavy atom. The number of rotatable bonds is 8. The molecule has 3 rings (SSSR count). The second kappa shape index (κ2) is 10.3. The van der Waals surface area contributed by atoms with E-state index in [1.54, 1.807) is 56.4 Å². The first-order chi connectivity index (χ1) is 15.4. The zero-order valence-electron chi connectivity index (χ0n) is 18.3. The van der Waals surface area contributed by atoms with Gasteiger partial charge in [-0.15, -0.1) is 0 Å². The van der Waals surface area contributed by atoms with Crippen LogP contribution in [0.3, 0.4) is 0 Å². The topological polar surface area (TPSA) is 86.3 Å². The summed E-state index contributed by atoms with van der Waals surface area (Å²) in [7, 11) is 4.61. The van der Waals surface area contributed by atoms with Crippen LogP contribution in [0.2, 0.25) is 5.02 Å². The van der Waals surface area contributed by atoms with Crippen LogP contribution < -0.4 is 19.5 Å². The summed E-state index contributed by atoms with van der Waals surface area (Å²) in [5, 5.41) is 3.36. The van der Waals surface area contributed by atoms with Crippen molar-refractivity contribution < 1.29 is 28.5 Å². The molecule has 0 saturated carbocycles. The van der Waals surface area contributed by atoms with Crippen molar-refractivity contribution in [3.05, 3.63) is 64.3 Å². The number of benzene rings is 2. The molecule has 0 aliphatic carbocycles.